The van der Waals surface area contributed by atoms with Crippen molar-refractivity contribution in [3.05, 3.63) is 23.7 Å². The number of allylic oxidation sites excluding steroid dienone is 1. The van der Waals surface area contributed by atoms with E-state index in [1.54, 1.807) is 13.8 Å². The van der Waals surface area contributed by atoms with Crippen LogP contribution in [0.4, 0.5) is 0 Å². The molecule has 0 aromatic rings. The van der Waals surface area contributed by atoms with Crippen LogP contribution in [-0.4, -0.2) is 26.7 Å². The predicted molar refractivity (Wildman–Crippen MR) is 50.8 cm³/mol. The molecule has 0 aliphatic heterocycles. The Hall–Kier alpha value is -1.29. The highest BCUT2D eigenvalue weighted by Gasteiger charge is 2.38. The first-order valence-electron chi connectivity index (χ1n) is 4.43. The van der Waals surface area contributed by atoms with Crippen molar-refractivity contribution in [2.24, 2.45) is 5.92 Å². The Morgan fingerprint density at radius 1 is 1.50 bits per heavy atom. The third kappa shape index (κ3) is 1.96. The fourth-order valence-corrected chi connectivity index (χ4v) is 1.49. The fourth-order valence-electron chi connectivity index (χ4n) is 1.49. The lowest BCUT2D eigenvalue weighted by molar-refractivity contribution is -0.136. The Kier molecular flexibility index (Phi) is 2.66. The zero-order chi connectivity index (χ0) is 10.9. The number of aliphatic hydroxyl groups is 3. The van der Waals surface area contributed by atoms with Crippen LogP contribution in [0.5, 0.6) is 0 Å². The first-order valence-corrected chi connectivity index (χ1v) is 4.43. The second kappa shape index (κ2) is 3.46. The van der Waals surface area contributed by atoms with E-state index < -0.39 is 11.4 Å². The largest absolute Gasteiger partial charge is 0.512 e. The highest BCUT2D eigenvalue weighted by atomic mass is 16.3. The van der Waals surface area contributed by atoms with E-state index in [0.717, 1.165) is 12.2 Å². The molecule has 3 N–H and O–H groups in total. The van der Waals surface area contributed by atoms with Gasteiger partial charge in [0.25, 0.3) is 0 Å². The molecule has 0 heterocycles. The van der Waals surface area contributed by atoms with Gasteiger partial charge in [0.05, 0.1) is 5.76 Å². The Morgan fingerprint density at radius 2 is 2.07 bits per heavy atom. The number of hydrogen-bond acceptors (Lipinski definition) is 4. The molecule has 4 nitrogen and oxygen atoms in total. The average molecular weight is 198 g/mol. The third-order valence-corrected chi connectivity index (χ3v) is 2.10. The Bertz CT molecular complexity index is 314. The van der Waals surface area contributed by atoms with E-state index in [-0.39, 0.29) is 23.9 Å². The highest BCUT2D eigenvalue weighted by molar-refractivity contribution is 5.91. The predicted octanol–water partition coefficient (Wildman–Crippen LogP) is 1.23. The summed E-state index contributed by atoms with van der Waals surface area (Å²) in [5, 5.41) is 28.2. The molecule has 78 valence electrons. The summed E-state index contributed by atoms with van der Waals surface area (Å²) in [6.07, 6.45) is 2.01. The fraction of sp³-hybridized carbons (Fsp3) is 0.500. The topological polar surface area (TPSA) is 77.8 Å². The van der Waals surface area contributed by atoms with Crippen LogP contribution < -0.4 is 0 Å². The molecule has 0 aromatic carbocycles. The molecule has 4 heteroatoms. The van der Waals surface area contributed by atoms with Crippen LogP contribution in [0.15, 0.2) is 23.7 Å². The second-order valence-corrected chi connectivity index (χ2v) is 3.82. The maximum atomic E-state index is 11.6. The standard InChI is InChI=1S/C10H14O4/c1-6(2)9(13)10(14)4-7(11)3-8(12)5-10/h3-4,6,11-12,14H,5H2,1-2H3. The molecular formula is C10H14O4. The van der Waals surface area contributed by atoms with Crippen LogP contribution in [0.25, 0.3) is 0 Å². The van der Waals surface area contributed by atoms with Gasteiger partial charge in [-0.15, -0.1) is 0 Å². The number of hydrogen-bond donors (Lipinski definition) is 3. The van der Waals surface area contributed by atoms with Crippen molar-refractivity contribution in [1.82, 2.24) is 0 Å². The van der Waals surface area contributed by atoms with Crippen molar-refractivity contribution in [2.75, 3.05) is 0 Å². The maximum Gasteiger partial charge on any atom is 0.171 e. The van der Waals surface area contributed by atoms with Crippen LogP contribution in [0.3, 0.4) is 0 Å². The van der Waals surface area contributed by atoms with Gasteiger partial charge >= 0.3 is 0 Å². The lowest BCUT2D eigenvalue weighted by atomic mass is 9.84. The molecule has 0 amide bonds. The van der Waals surface area contributed by atoms with Crippen LogP contribution in [0.1, 0.15) is 20.3 Å². The first-order chi connectivity index (χ1) is 6.35. The molecule has 0 aromatic heterocycles. The molecule has 14 heavy (non-hydrogen) atoms. The van der Waals surface area contributed by atoms with E-state index >= 15 is 0 Å². The van der Waals surface area contributed by atoms with E-state index in [0.29, 0.717) is 0 Å². The van der Waals surface area contributed by atoms with E-state index in [1.807, 2.05) is 0 Å². The number of carbonyl (C=O) groups excluding carboxylic acids is 1. The monoisotopic (exact) mass is 198 g/mol. The van der Waals surface area contributed by atoms with Gasteiger partial charge in [-0.05, 0) is 6.08 Å². The van der Waals surface area contributed by atoms with E-state index in [9.17, 15) is 15.0 Å². The summed E-state index contributed by atoms with van der Waals surface area (Å²) in [6.45, 7) is 3.31. The lowest BCUT2D eigenvalue weighted by Crippen LogP contribution is -2.41. The van der Waals surface area contributed by atoms with E-state index in [2.05, 4.69) is 0 Å². The van der Waals surface area contributed by atoms with Crippen LogP contribution >= 0.6 is 0 Å². The van der Waals surface area contributed by atoms with Gasteiger partial charge in [0.1, 0.15) is 5.76 Å². The number of ketones is 1. The molecule has 1 atom stereocenters. The number of Topliss-reactive ketones (excluding diaryl/α,β-unsaturated/α-hetero) is 1. The first kappa shape index (κ1) is 10.8. The summed E-state index contributed by atoms with van der Waals surface area (Å²) in [6, 6.07) is 0. The van der Waals surface area contributed by atoms with Crippen molar-refractivity contribution in [3.63, 3.8) is 0 Å². The molecule has 1 rings (SSSR count). The zero-order valence-corrected chi connectivity index (χ0v) is 8.19. The van der Waals surface area contributed by atoms with Gasteiger partial charge in [-0.2, -0.15) is 0 Å². The van der Waals surface area contributed by atoms with Crippen LogP contribution in [0.2, 0.25) is 0 Å². The third-order valence-electron chi connectivity index (χ3n) is 2.10. The summed E-state index contributed by atoms with van der Waals surface area (Å²) < 4.78 is 0. The maximum absolute atomic E-state index is 11.6. The van der Waals surface area contributed by atoms with E-state index in [4.69, 9.17) is 5.11 Å². The number of aliphatic hydroxyl groups excluding tert-OH is 2. The molecule has 1 aliphatic carbocycles. The minimum absolute atomic E-state index is 0.173. The summed E-state index contributed by atoms with van der Waals surface area (Å²) in [4.78, 5) is 11.6. The second-order valence-electron chi connectivity index (χ2n) is 3.82. The molecule has 0 saturated carbocycles. The van der Waals surface area contributed by atoms with Gasteiger partial charge in [0.2, 0.25) is 0 Å². The summed E-state index contributed by atoms with van der Waals surface area (Å²) in [5.74, 6) is -1.24. The van der Waals surface area contributed by atoms with Crippen LogP contribution in [-0.2, 0) is 4.79 Å². The average Bonchev–Trinajstić information content (AvgIpc) is 1.99. The van der Waals surface area contributed by atoms with Crippen molar-refractivity contribution in [2.45, 2.75) is 25.9 Å². The molecule has 1 unspecified atom stereocenters. The van der Waals surface area contributed by atoms with Crippen LogP contribution in [0, 0.1) is 5.92 Å². The minimum Gasteiger partial charge on any atom is -0.512 e. The number of rotatable bonds is 2. The molecule has 0 bridgehead atoms. The molecule has 0 radical (unpaired) electrons. The summed E-state index contributed by atoms with van der Waals surface area (Å²) >= 11 is 0. The lowest BCUT2D eigenvalue weighted by Gasteiger charge is -2.27. The molecule has 1 aliphatic rings. The normalized spacial score (nSPS) is 27.1. The quantitative estimate of drug-likeness (QED) is 0.623. The molecular weight excluding hydrogens is 184 g/mol. The van der Waals surface area contributed by atoms with Crippen molar-refractivity contribution in [3.8, 4) is 0 Å². The van der Waals surface area contributed by atoms with Gasteiger partial charge in [0.15, 0.2) is 11.4 Å². The number of carbonyl (C=O) groups is 1. The van der Waals surface area contributed by atoms with Crippen molar-refractivity contribution in [1.29, 1.82) is 0 Å². The molecule has 0 spiro atoms. The Morgan fingerprint density at radius 3 is 2.50 bits per heavy atom. The van der Waals surface area contributed by atoms with Gasteiger partial charge in [-0.25, -0.2) is 0 Å². The van der Waals surface area contributed by atoms with Gasteiger partial charge in [0, 0.05) is 18.4 Å². The SMILES string of the molecule is CC(C)C(=O)C1(O)C=C(O)C=C(O)C1. The van der Waals surface area contributed by atoms with Gasteiger partial charge < -0.3 is 15.3 Å². The highest BCUT2D eigenvalue weighted by Crippen LogP contribution is 2.27. The van der Waals surface area contributed by atoms with Gasteiger partial charge in [-0.3, -0.25) is 4.79 Å². The Labute approximate surface area is 82.2 Å². The van der Waals surface area contributed by atoms with Crippen molar-refractivity contribution >= 4 is 5.78 Å². The zero-order valence-electron chi connectivity index (χ0n) is 8.19. The smallest absolute Gasteiger partial charge is 0.171 e. The van der Waals surface area contributed by atoms with E-state index in [1.165, 1.54) is 0 Å². The Balaban J connectivity index is 2.99. The molecule has 0 fully saturated rings. The molecule has 0 saturated heterocycles. The summed E-state index contributed by atoms with van der Waals surface area (Å²) in [5.41, 5.74) is -1.77. The minimum atomic E-state index is -1.77. The van der Waals surface area contributed by atoms with Gasteiger partial charge in [-0.1, -0.05) is 13.8 Å². The summed E-state index contributed by atoms with van der Waals surface area (Å²) in [7, 11) is 0. The van der Waals surface area contributed by atoms with Crippen molar-refractivity contribution < 1.29 is 20.1 Å².